The Hall–Kier alpha value is -2.47. The van der Waals surface area contributed by atoms with Crippen molar-refractivity contribution in [3.63, 3.8) is 0 Å². The van der Waals surface area contributed by atoms with Gasteiger partial charge >= 0.3 is 0 Å². The summed E-state index contributed by atoms with van der Waals surface area (Å²) < 4.78 is 5.95. The van der Waals surface area contributed by atoms with Gasteiger partial charge in [0.05, 0.1) is 6.04 Å². The number of hydrogen-bond donors (Lipinski definition) is 3. The Morgan fingerprint density at radius 3 is 2.79 bits per heavy atom. The Bertz CT molecular complexity index is 817. The second kappa shape index (κ2) is 6.57. The van der Waals surface area contributed by atoms with Crippen LogP contribution in [0, 0.1) is 0 Å². The van der Waals surface area contributed by atoms with E-state index in [9.17, 15) is 9.59 Å². The monoisotopic (exact) mass is 349 g/mol. The average Bonchev–Trinajstić information content (AvgIpc) is 2.47. The van der Waals surface area contributed by atoms with Crippen molar-refractivity contribution in [2.75, 3.05) is 5.73 Å². The maximum atomic E-state index is 12.4. The van der Waals surface area contributed by atoms with Gasteiger partial charge in [-0.25, -0.2) is 0 Å². The minimum absolute atomic E-state index is 0. The third kappa shape index (κ3) is 3.71. The van der Waals surface area contributed by atoms with Gasteiger partial charge < -0.3 is 20.8 Å². The Morgan fingerprint density at radius 2 is 2.08 bits per heavy atom. The van der Waals surface area contributed by atoms with Crippen LogP contribution in [-0.4, -0.2) is 16.5 Å². The van der Waals surface area contributed by atoms with Crippen molar-refractivity contribution in [2.45, 2.75) is 31.9 Å². The van der Waals surface area contributed by atoms with Crippen LogP contribution in [0.4, 0.5) is 5.69 Å². The molecule has 0 radical (unpaired) electrons. The number of hydrogen-bond acceptors (Lipinski definition) is 4. The quantitative estimate of drug-likeness (QED) is 0.725. The average molecular weight is 350 g/mol. The summed E-state index contributed by atoms with van der Waals surface area (Å²) in [6.45, 7) is 3.94. The third-order valence-electron chi connectivity index (χ3n) is 3.83. The zero-order valence-corrected chi connectivity index (χ0v) is 14.3. The SMILES string of the molecule is CC1(C)CC(NC(=O)c2cc[nH]c(=O)c2)c2cc(N)ccc2O1.Cl. The maximum Gasteiger partial charge on any atom is 0.252 e. The number of pyridine rings is 1. The van der Waals surface area contributed by atoms with Gasteiger partial charge in [-0.2, -0.15) is 0 Å². The van der Waals surface area contributed by atoms with Crippen LogP contribution in [0.15, 0.2) is 41.3 Å². The number of ether oxygens (including phenoxy) is 1. The van der Waals surface area contributed by atoms with Crippen molar-refractivity contribution in [3.05, 3.63) is 58.0 Å². The molecule has 0 saturated heterocycles. The largest absolute Gasteiger partial charge is 0.487 e. The molecule has 0 fully saturated rings. The van der Waals surface area contributed by atoms with Gasteiger partial charge in [0.1, 0.15) is 11.4 Å². The molecule has 1 atom stereocenters. The van der Waals surface area contributed by atoms with Gasteiger partial charge in [0.15, 0.2) is 0 Å². The van der Waals surface area contributed by atoms with Crippen LogP contribution >= 0.6 is 12.4 Å². The lowest BCUT2D eigenvalue weighted by atomic mass is 9.89. The van der Waals surface area contributed by atoms with Gasteiger partial charge in [0.2, 0.25) is 5.56 Å². The molecule has 2 aromatic rings. The summed E-state index contributed by atoms with van der Waals surface area (Å²) in [6.07, 6.45) is 2.06. The highest BCUT2D eigenvalue weighted by molar-refractivity contribution is 5.94. The molecule has 0 spiro atoms. The molecule has 128 valence electrons. The fourth-order valence-corrected chi connectivity index (χ4v) is 2.83. The summed E-state index contributed by atoms with van der Waals surface area (Å²) in [6, 6.07) is 8.02. The normalized spacial score (nSPS) is 17.8. The molecule has 1 aliphatic heterocycles. The lowest BCUT2D eigenvalue weighted by Crippen LogP contribution is -2.41. The number of fused-ring (bicyclic) bond motifs is 1. The number of rotatable bonds is 2. The molecule has 0 aliphatic carbocycles. The standard InChI is InChI=1S/C17H19N3O3.ClH/c1-17(2)9-13(12-8-11(18)3-4-14(12)23-17)20-16(22)10-5-6-19-15(21)7-10;/h3-8,13H,9,18H2,1-2H3,(H,19,21)(H,20,22);1H. The van der Waals surface area contributed by atoms with E-state index < -0.39 is 5.60 Å². The molecular weight excluding hydrogens is 330 g/mol. The predicted octanol–water partition coefficient (Wildman–Crippen LogP) is 2.41. The first-order valence-corrected chi connectivity index (χ1v) is 7.42. The summed E-state index contributed by atoms with van der Waals surface area (Å²) in [4.78, 5) is 26.3. The fraction of sp³-hybridized carbons (Fsp3) is 0.294. The van der Waals surface area contributed by atoms with Crippen LogP contribution in [0.2, 0.25) is 0 Å². The van der Waals surface area contributed by atoms with Gasteiger partial charge in [-0.15, -0.1) is 12.4 Å². The number of carbonyl (C=O) groups excluding carboxylic acids is 1. The number of nitrogen functional groups attached to an aromatic ring is 1. The minimum Gasteiger partial charge on any atom is -0.487 e. The highest BCUT2D eigenvalue weighted by Gasteiger charge is 2.34. The lowest BCUT2D eigenvalue weighted by Gasteiger charge is -2.38. The van der Waals surface area contributed by atoms with E-state index in [1.807, 2.05) is 26.0 Å². The molecule has 0 saturated carbocycles. The molecular formula is C17H20ClN3O3. The minimum atomic E-state index is -0.408. The zero-order valence-electron chi connectivity index (χ0n) is 13.5. The Balaban J connectivity index is 0.00000208. The second-order valence-electron chi connectivity index (χ2n) is 6.33. The number of aromatic amines is 1. The lowest BCUT2D eigenvalue weighted by molar-refractivity contribution is 0.0620. The van der Waals surface area contributed by atoms with Crippen molar-refractivity contribution in [2.24, 2.45) is 0 Å². The van der Waals surface area contributed by atoms with E-state index in [-0.39, 0.29) is 29.9 Å². The number of nitrogens with one attached hydrogen (secondary N) is 2. The molecule has 4 N–H and O–H groups in total. The van der Waals surface area contributed by atoms with E-state index in [0.717, 1.165) is 5.56 Å². The van der Waals surface area contributed by atoms with Crippen LogP contribution < -0.4 is 21.3 Å². The highest BCUT2D eigenvalue weighted by atomic mass is 35.5. The first-order chi connectivity index (χ1) is 10.8. The van der Waals surface area contributed by atoms with E-state index >= 15 is 0 Å². The van der Waals surface area contributed by atoms with E-state index in [1.54, 1.807) is 12.1 Å². The molecule has 2 heterocycles. The maximum absolute atomic E-state index is 12.4. The number of H-pyrrole nitrogens is 1. The number of anilines is 1. The van der Waals surface area contributed by atoms with Crippen molar-refractivity contribution in [1.29, 1.82) is 0 Å². The molecule has 3 rings (SSSR count). The van der Waals surface area contributed by atoms with Crippen molar-refractivity contribution < 1.29 is 9.53 Å². The molecule has 7 heteroatoms. The number of carbonyl (C=O) groups is 1. The summed E-state index contributed by atoms with van der Waals surface area (Å²) in [5.74, 6) is 0.416. The van der Waals surface area contributed by atoms with Crippen LogP contribution in [0.5, 0.6) is 5.75 Å². The third-order valence-corrected chi connectivity index (χ3v) is 3.83. The Kier molecular flexibility index (Phi) is 4.89. The molecule has 1 aliphatic rings. The smallest absolute Gasteiger partial charge is 0.252 e. The van der Waals surface area contributed by atoms with Crippen LogP contribution in [0.25, 0.3) is 0 Å². The molecule has 1 aromatic carbocycles. The first-order valence-electron chi connectivity index (χ1n) is 7.42. The Morgan fingerprint density at radius 1 is 1.33 bits per heavy atom. The number of aromatic nitrogens is 1. The molecule has 6 nitrogen and oxygen atoms in total. The number of amides is 1. The van der Waals surface area contributed by atoms with E-state index in [0.29, 0.717) is 23.4 Å². The fourth-order valence-electron chi connectivity index (χ4n) is 2.83. The van der Waals surface area contributed by atoms with Crippen LogP contribution in [0.3, 0.4) is 0 Å². The Labute approximate surface area is 145 Å². The summed E-state index contributed by atoms with van der Waals surface area (Å²) in [5.41, 5.74) is 6.93. The van der Waals surface area contributed by atoms with Crippen molar-refractivity contribution in [1.82, 2.24) is 10.3 Å². The molecule has 24 heavy (non-hydrogen) atoms. The predicted molar refractivity (Wildman–Crippen MR) is 94.7 cm³/mol. The number of benzene rings is 1. The van der Waals surface area contributed by atoms with Gasteiger partial charge in [0, 0.05) is 35.5 Å². The first kappa shape index (κ1) is 17.9. The molecule has 1 aromatic heterocycles. The summed E-state index contributed by atoms with van der Waals surface area (Å²) in [5, 5.41) is 2.97. The van der Waals surface area contributed by atoms with Gasteiger partial charge in [-0.3, -0.25) is 9.59 Å². The van der Waals surface area contributed by atoms with E-state index in [4.69, 9.17) is 10.5 Å². The van der Waals surface area contributed by atoms with Gasteiger partial charge in [-0.05, 0) is 38.1 Å². The second-order valence-corrected chi connectivity index (χ2v) is 6.33. The highest BCUT2D eigenvalue weighted by Crippen LogP contribution is 2.40. The molecule has 1 unspecified atom stereocenters. The topological polar surface area (TPSA) is 97.2 Å². The van der Waals surface area contributed by atoms with Crippen LogP contribution in [-0.2, 0) is 0 Å². The zero-order chi connectivity index (χ0) is 16.6. The van der Waals surface area contributed by atoms with E-state index in [1.165, 1.54) is 12.3 Å². The van der Waals surface area contributed by atoms with Gasteiger partial charge in [-0.1, -0.05) is 0 Å². The van der Waals surface area contributed by atoms with Gasteiger partial charge in [0.25, 0.3) is 5.91 Å². The number of halogens is 1. The van der Waals surface area contributed by atoms with E-state index in [2.05, 4.69) is 10.3 Å². The molecule has 0 bridgehead atoms. The summed E-state index contributed by atoms with van der Waals surface area (Å²) >= 11 is 0. The van der Waals surface area contributed by atoms with Crippen molar-refractivity contribution >= 4 is 24.0 Å². The number of nitrogens with two attached hydrogens (primary N) is 1. The summed E-state index contributed by atoms with van der Waals surface area (Å²) in [7, 11) is 0. The van der Waals surface area contributed by atoms with Crippen LogP contribution in [0.1, 0.15) is 42.2 Å². The molecule has 1 amide bonds. The van der Waals surface area contributed by atoms with Crippen molar-refractivity contribution in [3.8, 4) is 5.75 Å².